The number of nitrogens with zero attached hydrogens (tertiary/aromatic N) is 1. The predicted molar refractivity (Wildman–Crippen MR) is 128 cm³/mol. The van der Waals surface area contributed by atoms with Crippen molar-refractivity contribution < 1.29 is 17.9 Å². The van der Waals surface area contributed by atoms with E-state index in [4.69, 9.17) is 16.3 Å². The van der Waals surface area contributed by atoms with Gasteiger partial charge in [0.25, 0.3) is 0 Å². The Hall–Kier alpha value is -2.35. The Balaban J connectivity index is 1.89. The van der Waals surface area contributed by atoms with Crippen LogP contribution in [0.3, 0.4) is 0 Å². The quantitative estimate of drug-likeness (QED) is 0.529. The molecule has 1 N–H and O–H groups in total. The fourth-order valence-electron chi connectivity index (χ4n) is 5.20. The lowest BCUT2D eigenvalue weighted by Crippen LogP contribution is -2.32. The van der Waals surface area contributed by atoms with Crippen LogP contribution in [0.2, 0.25) is 5.02 Å². The summed E-state index contributed by atoms with van der Waals surface area (Å²) in [7, 11) is -2.10. The molecule has 1 saturated heterocycles. The summed E-state index contributed by atoms with van der Waals surface area (Å²) in [4.78, 5) is 13.6. The van der Waals surface area contributed by atoms with E-state index in [2.05, 4.69) is 5.32 Å². The van der Waals surface area contributed by atoms with Crippen LogP contribution in [0, 0.1) is 0 Å². The first kappa shape index (κ1) is 22.4. The number of benzene rings is 2. The molecule has 3 aromatic rings. The molecule has 33 heavy (non-hydrogen) atoms. The number of nitrogens with one attached hydrogen (secondary N) is 1. The van der Waals surface area contributed by atoms with Crippen molar-refractivity contribution in [3.05, 3.63) is 58.2 Å². The van der Waals surface area contributed by atoms with Crippen molar-refractivity contribution in [3.63, 3.8) is 0 Å². The summed E-state index contributed by atoms with van der Waals surface area (Å²) in [5, 5.41) is 4.51. The Labute approximate surface area is 198 Å². The van der Waals surface area contributed by atoms with E-state index in [0.29, 0.717) is 22.0 Å². The first-order valence-electron chi connectivity index (χ1n) is 11.1. The van der Waals surface area contributed by atoms with Crippen LogP contribution in [-0.2, 0) is 28.0 Å². The maximum Gasteiger partial charge on any atom is 0.340 e. The highest BCUT2D eigenvalue weighted by molar-refractivity contribution is 7.91. The van der Waals surface area contributed by atoms with Crippen molar-refractivity contribution in [1.29, 1.82) is 0 Å². The van der Waals surface area contributed by atoms with Gasteiger partial charge in [0.2, 0.25) is 9.84 Å². The van der Waals surface area contributed by atoms with E-state index in [1.807, 2.05) is 11.6 Å². The normalized spacial score (nSPS) is 20.2. The highest BCUT2D eigenvalue weighted by atomic mass is 35.5. The number of hydrogen-bond acceptors (Lipinski definition) is 5. The standard InChI is InChI=1S/C25H27ClN2O4S/c1-25(2,3)32-24(29)21-19(33(30,31)15-8-6-5-7-9-15)13-16(26)23-22(21)20-17-11-10-14(27-17)12-18(20)28(23)4/h5-9,13-14,17,27H,10-12H2,1-4H3. The second kappa shape index (κ2) is 7.58. The molecule has 6 nitrogen and oxygen atoms in total. The van der Waals surface area contributed by atoms with Gasteiger partial charge in [-0.1, -0.05) is 29.8 Å². The number of carbonyl (C=O) groups is 1. The van der Waals surface area contributed by atoms with Crippen molar-refractivity contribution >= 4 is 38.3 Å². The molecule has 0 amide bonds. The molecule has 1 aromatic heterocycles. The Morgan fingerprint density at radius 2 is 1.88 bits per heavy atom. The molecule has 3 heterocycles. The zero-order valence-corrected chi connectivity index (χ0v) is 20.7. The fourth-order valence-corrected chi connectivity index (χ4v) is 7.09. The highest BCUT2D eigenvalue weighted by Gasteiger charge is 2.40. The summed E-state index contributed by atoms with van der Waals surface area (Å²) in [5.74, 6) is -0.660. The Bertz CT molecular complexity index is 1390. The van der Waals surface area contributed by atoms with Gasteiger partial charge in [-0.15, -0.1) is 0 Å². The van der Waals surface area contributed by atoms with Gasteiger partial charge in [-0.2, -0.15) is 0 Å². The number of fused-ring (bicyclic) bond motifs is 6. The molecule has 2 unspecified atom stereocenters. The smallest absolute Gasteiger partial charge is 0.340 e. The summed E-state index contributed by atoms with van der Waals surface area (Å²) in [5.41, 5.74) is 2.01. The molecule has 8 heteroatoms. The fraction of sp³-hybridized carbons (Fsp3) is 0.400. The Morgan fingerprint density at radius 3 is 2.55 bits per heavy atom. The van der Waals surface area contributed by atoms with Crippen LogP contribution in [-0.4, -0.2) is 30.6 Å². The molecule has 0 aliphatic carbocycles. The monoisotopic (exact) mass is 486 g/mol. The van der Waals surface area contributed by atoms with Crippen molar-refractivity contribution in [2.45, 2.75) is 67.5 Å². The number of carbonyl (C=O) groups excluding carboxylic acids is 1. The molecule has 2 aliphatic heterocycles. The van der Waals surface area contributed by atoms with Gasteiger partial charge in [-0.25, -0.2) is 13.2 Å². The summed E-state index contributed by atoms with van der Waals surface area (Å²) in [6.45, 7) is 5.31. The highest BCUT2D eigenvalue weighted by Crippen LogP contribution is 2.46. The molecule has 0 saturated carbocycles. The molecule has 1 fully saturated rings. The molecule has 0 radical (unpaired) electrons. The molecule has 5 rings (SSSR count). The number of sulfone groups is 1. The lowest BCUT2D eigenvalue weighted by Gasteiger charge is -2.24. The average Bonchev–Trinajstić information content (AvgIpc) is 3.26. The van der Waals surface area contributed by atoms with Crippen molar-refractivity contribution in [2.75, 3.05) is 0 Å². The minimum atomic E-state index is -4.03. The Morgan fingerprint density at radius 1 is 1.18 bits per heavy atom. The third-order valence-corrected chi connectivity index (χ3v) is 8.59. The van der Waals surface area contributed by atoms with Gasteiger partial charge in [-0.05, 0) is 57.4 Å². The topological polar surface area (TPSA) is 77.4 Å². The van der Waals surface area contributed by atoms with Gasteiger partial charge in [0.05, 0.1) is 25.9 Å². The third-order valence-electron chi connectivity index (χ3n) is 6.51. The third kappa shape index (κ3) is 3.57. The zero-order valence-electron chi connectivity index (χ0n) is 19.1. The van der Waals surface area contributed by atoms with Crippen LogP contribution in [0.5, 0.6) is 0 Å². The van der Waals surface area contributed by atoms with E-state index in [1.165, 1.54) is 18.2 Å². The van der Waals surface area contributed by atoms with Gasteiger partial charge >= 0.3 is 5.97 Å². The van der Waals surface area contributed by atoms with E-state index in [9.17, 15) is 13.2 Å². The van der Waals surface area contributed by atoms with Crippen LogP contribution < -0.4 is 5.32 Å². The lowest BCUT2D eigenvalue weighted by molar-refractivity contribution is 0.00675. The van der Waals surface area contributed by atoms with Crippen molar-refractivity contribution in [1.82, 2.24) is 9.88 Å². The van der Waals surface area contributed by atoms with Gasteiger partial charge in [0.15, 0.2) is 0 Å². The van der Waals surface area contributed by atoms with Gasteiger partial charge < -0.3 is 14.6 Å². The average molecular weight is 487 g/mol. The largest absolute Gasteiger partial charge is 0.456 e. The number of rotatable bonds is 3. The van der Waals surface area contributed by atoms with E-state index in [-0.39, 0.29) is 21.4 Å². The molecule has 2 bridgehead atoms. The zero-order chi connectivity index (χ0) is 23.7. The number of esters is 1. The maximum absolute atomic E-state index is 13.8. The van der Waals surface area contributed by atoms with E-state index < -0.39 is 21.4 Å². The number of aromatic nitrogens is 1. The molecular weight excluding hydrogens is 460 g/mol. The van der Waals surface area contributed by atoms with E-state index in [1.54, 1.807) is 39.0 Å². The number of hydrogen-bond donors (Lipinski definition) is 1. The minimum Gasteiger partial charge on any atom is -0.456 e. The summed E-state index contributed by atoms with van der Waals surface area (Å²) in [6.07, 6.45) is 2.78. The molecule has 2 atom stereocenters. The lowest BCUT2D eigenvalue weighted by atomic mass is 9.96. The van der Waals surface area contributed by atoms with Gasteiger partial charge in [-0.3, -0.25) is 0 Å². The first-order valence-corrected chi connectivity index (χ1v) is 13.0. The molecule has 2 aliphatic rings. The van der Waals surface area contributed by atoms with Crippen molar-refractivity contribution in [2.24, 2.45) is 7.05 Å². The predicted octanol–water partition coefficient (Wildman–Crippen LogP) is 4.97. The first-order chi connectivity index (χ1) is 15.5. The van der Waals surface area contributed by atoms with E-state index in [0.717, 1.165) is 30.5 Å². The molecule has 174 valence electrons. The van der Waals surface area contributed by atoms with Crippen LogP contribution >= 0.6 is 11.6 Å². The molecule has 2 aromatic carbocycles. The van der Waals surface area contributed by atoms with Gasteiger partial charge in [0.1, 0.15) is 5.60 Å². The molecular formula is C25H27ClN2O4S. The van der Waals surface area contributed by atoms with Crippen LogP contribution in [0.25, 0.3) is 10.9 Å². The number of aryl methyl sites for hydroxylation is 1. The SMILES string of the molecule is Cn1c2c(c3c(C(=O)OC(C)(C)C)c(S(=O)(=O)c4ccccc4)cc(Cl)c31)C1CCC(C2)N1. The van der Waals surface area contributed by atoms with Crippen LogP contribution in [0.1, 0.15) is 61.3 Å². The van der Waals surface area contributed by atoms with Gasteiger partial charge in [0, 0.05) is 36.6 Å². The second-order valence-electron chi connectivity index (χ2n) is 9.89. The number of halogens is 1. The summed E-state index contributed by atoms with van der Waals surface area (Å²) >= 11 is 6.73. The second-order valence-corrected chi connectivity index (χ2v) is 12.2. The van der Waals surface area contributed by atoms with Crippen molar-refractivity contribution in [3.8, 4) is 0 Å². The van der Waals surface area contributed by atoms with Crippen LogP contribution in [0.4, 0.5) is 0 Å². The summed E-state index contributed by atoms with van der Waals surface area (Å²) < 4.78 is 35.3. The van der Waals surface area contributed by atoms with Crippen LogP contribution in [0.15, 0.2) is 46.2 Å². The summed E-state index contributed by atoms with van der Waals surface area (Å²) in [6, 6.07) is 9.95. The minimum absolute atomic E-state index is 0.0504. The maximum atomic E-state index is 13.8. The van der Waals surface area contributed by atoms with E-state index >= 15 is 0 Å². The Kier molecular flexibility index (Phi) is 5.16. The number of ether oxygens (including phenoxy) is 1. The molecule has 0 spiro atoms.